The maximum atomic E-state index is 12.8. The Morgan fingerprint density at radius 2 is 2.15 bits per heavy atom. The van der Waals surface area contributed by atoms with Gasteiger partial charge in [-0.1, -0.05) is 6.07 Å². The number of carbonyl (C=O) groups excluding carboxylic acids is 1. The van der Waals surface area contributed by atoms with Crippen molar-refractivity contribution >= 4 is 17.2 Å². The lowest BCUT2D eigenvalue weighted by Gasteiger charge is -2.34. The van der Waals surface area contributed by atoms with Crippen LogP contribution in [0.2, 0.25) is 0 Å². The summed E-state index contributed by atoms with van der Waals surface area (Å²) in [7, 11) is 0. The van der Waals surface area contributed by atoms with Crippen LogP contribution < -0.4 is 5.32 Å². The molecule has 2 saturated heterocycles. The molecule has 0 saturated carbocycles. The molecule has 4 rings (SSSR count). The van der Waals surface area contributed by atoms with Crippen molar-refractivity contribution in [2.24, 2.45) is 0 Å². The Balaban J connectivity index is 1.30. The second-order valence-electron chi connectivity index (χ2n) is 7.19. The van der Waals surface area contributed by atoms with Crippen LogP contribution in [-0.2, 0) is 17.9 Å². The van der Waals surface area contributed by atoms with Gasteiger partial charge in [0.15, 0.2) is 0 Å². The largest absolute Gasteiger partial charge is 0.339 e. The molecule has 140 valence electrons. The van der Waals surface area contributed by atoms with E-state index in [1.54, 1.807) is 11.3 Å². The van der Waals surface area contributed by atoms with Gasteiger partial charge in [-0.25, -0.2) is 0 Å². The molecular weight excluding hydrogens is 346 g/mol. The van der Waals surface area contributed by atoms with Crippen molar-refractivity contribution in [1.29, 1.82) is 0 Å². The van der Waals surface area contributed by atoms with Gasteiger partial charge in [0.25, 0.3) is 0 Å². The van der Waals surface area contributed by atoms with E-state index >= 15 is 0 Å². The fourth-order valence-electron chi connectivity index (χ4n) is 3.93. The summed E-state index contributed by atoms with van der Waals surface area (Å²) in [6.45, 7) is 6.96. The highest BCUT2D eigenvalue weighted by Gasteiger charge is 2.24. The molecule has 1 atom stereocenters. The number of rotatable bonds is 5. The molecule has 6 nitrogen and oxygen atoms in total. The number of amides is 1. The van der Waals surface area contributed by atoms with Crippen LogP contribution in [0.4, 0.5) is 0 Å². The number of thiophene rings is 1. The van der Waals surface area contributed by atoms with Crippen molar-refractivity contribution in [2.75, 3.05) is 39.3 Å². The number of hydrogen-bond acceptors (Lipinski definition) is 5. The number of aromatic nitrogens is 2. The first kappa shape index (κ1) is 17.7. The normalized spacial score (nSPS) is 21.8. The molecule has 4 heterocycles. The van der Waals surface area contributed by atoms with E-state index in [-0.39, 0.29) is 5.91 Å². The van der Waals surface area contributed by atoms with Crippen LogP contribution in [0.3, 0.4) is 0 Å². The van der Waals surface area contributed by atoms with Crippen molar-refractivity contribution in [3.63, 3.8) is 0 Å². The predicted octanol–water partition coefficient (Wildman–Crippen LogP) is 1.76. The van der Waals surface area contributed by atoms with Crippen LogP contribution in [0, 0.1) is 0 Å². The molecular formula is C19H27N5OS. The summed E-state index contributed by atoms with van der Waals surface area (Å²) in [6, 6.07) is 6.36. The number of nitrogens with one attached hydrogen (secondary N) is 1. The van der Waals surface area contributed by atoms with Crippen molar-refractivity contribution in [1.82, 2.24) is 24.9 Å². The molecule has 0 aromatic carbocycles. The molecule has 2 aliphatic rings. The second kappa shape index (κ2) is 8.33. The fourth-order valence-corrected chi connectivity index (χ4v) is 4.68. The number of nitrogens with zero attached hydrogens (tertiary/aromatic N) is 4. The van der Waals surface area contributed by atoms with E-state index in [9.17, 15) is 4.79 Å². The Hall–Kier alpha value is -1.70. The van der Waals surface area contributed by atoms with Gasteiger partial charge >= 0.3 is 0 Å². The number of hydrogen-bond donors (Lipinski definition) is 1. The maximum Gasteiger partial charge on any atom is 0.244 e. The summed E-state index contributed by atoms with van der Waals surface area (Å²) in [5.74, 6) is 0.663. The monoisotopic (exact) mass is 373 g/mol. The molecule has 1 amide bonds. The predicted molar refractivity (Wildman–Crippen MR) is 103 cm³/mol. The molecule has 7 heteroatoms. The zero-order chi connectivity index (χ0) is 17.8. The summed E-state index contributed by atoms with van der Waals surface area (Å²) in [5, 5.41) is 10.00. The third kappa shape index (κ3) is 4.16. The van der Waals surface area contributed by atoms with Crippen molar-refractivity contribution < 1.29 is 4.79 Å². The summed E-state index contributed by atoms with van der Waals surface area (Å²) < 4.78 is 1.91. The lowest BCUT2D eigenvalue weighted by molar-refractivity contribution is -0.133. The molecule has 2 fully saturated rings. The van der Waals surface area contributed by atoms with Gasteiger partial charge in [0.05, 0.1) is 0 Å². The first-order valence-corrected chi connectivity index (χ1v) is 10.4. The van der Waals surface area contributed by atoms with E-state index in [0.717, 1.165) is 45.8 Å². The zero-order valence-electron chi connectivity index (χ0n) is 15.1. The van der Waals surface area contributed by atoms with Crippen LogP contribution >= 0.6 is 11.3 Å². The van der Waals surface area contributed by atoms with Crippen LogP contribution in [0.5, 0.6) is 0 Å². The Bertz CT molecular complexity index is 699. The molecule has 0 radical (unpaired) electrons. The lowest BCUT2D eigenvalue weighted by Crippen LogP contribution is -2.49. The van der Waals surface area contributed by atoms with Gasteiger partial charge < -0.3 is 10.2 Å². The van der Waals surface area contributed by atoms with Crippen molar-refractivity contribution in [2.45, 2.75) is 31.8 Å². The number of piperidine rings is 1. The van der Waals surface area contributed by atoms with Gasteiger partial charge in [-0.2, -0.15) is 5.10 Å². The Kier molecular flexibility index (Phi) is 5.67. The molecule has 0 unspecified atom stereocenters. The Labute approximate surface area is 158 Å². The highest BCUT2D eigenvalue weighted by molar-refractivity contribution is 7.09. The molecule has 0 bridgehead atoms. The first-order chi connectivity index (χ1) is 12.8. The summed E-state index contributed by atoms with van der Waals surface area (Å²) in [4.78, 5) is 18.6. The van der Waals surface area contributed by atoms with Crippen LogP contribution in [0.1, 0.15) is 29.3 Å². The standard InChI is InChI=1S/C19H27N5OS/c25-19(15-24-18(5-7-21-24)16-3-1-6-20-13-16)23-10-8-22(9-11-23)14-17-4-2-12-26-17/h2,4-5,7,12,16,20H,1,3,6,8-11,13-15H2/t16-/m1/s1. The topological polar surface area (TPSA) is 53.4 Å². The molecule has 2 aliphatic heterocycles. The van der Waals surface area contributed by atoms with E-state index in [2.05, 4.69) is 38.9 Å². The van der Waals surface area contributed by atoms with Crippen LogP contribution in [0.25, 0.3) is 0 Å². The highest BCUT2D eigenvalue weighted by Crippen LogP contribution is 2.23. The minimum absolute atomic E-state index is 0.189. The van der Waals surface area contributed by atoms with E-state index in [0.29, 0.717) is 12.5 Å². The summed E-state index contributed by atoms with van der Waals surface area (Å²) in [5.41, 5.74) is 1.20. The highest BCUT2D eigenvalue weighted by atomic mass is 32.1. The van der Waals surface area contributed by atoms with E-state index < -0.39 is 0 Å². The fraction of sp³-hybridized carbons (Fsp3) is 0.579. The minimum atomic E-state index is 0.189. The lowest BCUT2D eigenvalue weighted by atomic mass is 9.96. The van der Waals surface area contributed by atoms with Crippen LogP contribution in [0.15, 0.2) is 29.8 Å². The quantitative estimate of drug-likeness (QED) is 0.868. The van der Waals surface area contributed by atoms with Gasteiger partial charge in [0.2, 0.25) is 5.91 Å². The molecule has 1 N–H and O–H groups in total. The van der Waals surface area contributed by atoms with Crippen molar-refractivity contribution in [3.05, 3.63) is 40.3 Å². The molecule has 0 spiro atoms. The average Bonchev–Trinajstić information content (AvgIpc) is 3.35. The minimum Gasteiger partial charge on any atom is -0.339 e. The second-order valence-corrected chi connectivity index (χ2v) is 8.23. The summed E-state index contributed by atoms with van der Waals surface area (Å²) >= 11 is 1.80. The van der Waals surface area contributed by atoms with Gasteiger partial charge in [-0.15, -0.1) is 11.3 Å². The first-order valence-electron chi connectivity index (χ1n) is 9.54. The maximum absolute atomic E-state index is 12.8. The van der Waals surface area contributed by atoms with Gasteiger partial charge in [0, 0.05) is 62.0 Å². The van der Waals surface area contributed by atoms with E-state index in [1.807, 2.05) is 15.8 Å². The van der Waals surface area contributed by atoms with Gasteiger partial charge in [0.1, 0.15) is 6.54 Å². The molecule has 2 aromatic heterocycles. The van der Waals surface area contributed by atoms with Crippen LogP contribution in [-0.4, -0.2) is 64.8 Å². The van der Waals surface area contributed by atoms with E-state index in [1.165, 1.54) is 23.4 Å². The van der Waals surface area contributed by atoms with Gasteiger partial charge in [-0.3, -0.25) is 14.4 Å². The number of carbonyl (C=O) groups is 1. The van der Waals surface area contributed by atoms with Crippen molar-refractivity contribution in [3.8, 4) is 0 Å². The van der Waals surface area contributed by atoms with Gasteiger partial charge in [-0.05, 0) is 36.9 Å². The number of piperazine rings is 1. The average molecular weight is 374 g/mol. The smallest absolute Gasteiger partial charge is 0.244 e. The molecule has 0 aliphatic carbocycles. The third-order valence-corrected chi connectivity index (χ3v) is 6.30. The molecule has 2 aromatic rings. The SMILES string of the molecule is O=C(Cn1nccc1[C@@H]1CCCNC1)N1CCN(Cc2cccs2)CC1. The molecule has 26 heavy (non-hydrogen) atoms. The van der Waals surface area contributed by atoms with E-state index in [4.69, 9.17) is 0 Å². The zero-order valence-corrected chi connectivity index (χ0v) is 16.0. The Morgan fingerprint density at radius 3 is 2.88 bits per heavy atom. The Morgan fingerprint density at radius 1 is 1.27 bits per heavy atom. The summed E-state index contributed by atoms with van der Waals surface area (Å²) in [6.07, 6.45) is 4.19. The third-order valence-electron chi connectivity index (χ3n) is 5.43.